The molecule has 0 radical (unpaired) electrons. The van der Waals surface area contributed by atoms with Crippen LogP contribution in [0.3, 0.4) is 0 Å². The number of anilines is 1. The number of carbonyl (C=O) groups excluding carboxylic acids is 1. The standard InChI is InChI=1S/C11H15N3O3/c1-3-12-11(15)8(2)13-9-5-4-6-10(7-9)14(16)17/h4-8,13H,3H2,1-2H3,(H,12,15)/t8-/m1/s1. The Labute approximate surface area is 99.2 Å². The largest absolute Gasteiger partial charge is 0.374 e. The average Bonchev–Trinajstić information content (AvgIpc) is 2.29. The van der Waals surface area contributed by atoms with Crippen molar-refractivity contribution in [2.75, 3.05) is 11.9 Å². The van der Waals surface area contributed by atoms with Gasteiger partial charge in [-0.2, -0.15) is 0 Å². The van der Waals surface area contributed by atoms with Crippen molar-refractivity contribution in [3.8, 4) is 0 Å². The number of hydrogen-bond acceptors (Lipinski definition) is 4. The van der Waals surface area contributed by atoms with Crippen molar-refractivity contribution in [1.82, 2.24) is 5.32 Å². The van der Waals surface area contributed by atoms with Crippen LogP contribution in [0, 0.1) is 10.1 Å². The molecular formula is C11H15N3O3. The zero-order valence-corrected chi connectivity index (χ0v) is 9.77. The minimum Gasteiger partial charge on any atom is -0.374 e. The summed E-state index contributed by atoms with van der Waals surface area (Å²) in [7, 11) is 0. The minimum absolute atomic E-state index is 0.00176. The highest BCUT2D eigenvalue weighted by atomic mass is 16.6. The molecule has 1 rings (SSSR count). The Morgan fingerprint density at radius 3 is 2.82 bits per heavy atom. The lowest BCUT2D eigenvalue weighted by molar-refractivity contribution is -0.384. The van der Waals surface area contributed by atoms with Gasteiger partial charge >= 0.3 is 0 Å². The maximum atomic E-state index is 11.5. The van der Waals surface area contributed by atoms with Crippen LogP contribution in [0.1, 0.15) is 13.8 Å². The topological polar surface area (TPSA) is 84.3 Å². The van der Waals surface area contributed by atoms with Crippen LogP contribution in [-0.4, -0.2) is 23.4 Å². The van der Waals surface area contributed by atoms with Gasteiger partial charge < -0.3 is 10.6 Å². The molecule has 0 bridgehead atoms. The first-order valence-electron chi connectivity index (χ1n) is 5.33. The summed E-state index contributed by atoms with van der Waals surface area (Å²) in [5.41, 5.74) is 0.552. The summed E-state index contributed by atoms with van der Waals surface area (Å²) in [4.78, 5) is 21.6. The monoisotopic (exact) mass is 237 g/mol. The first-order valence-corrected chi connectivity index (χ1v) is 5.33. The summed E-state index contributed by atoms with van der Waals surface area (Å²) >= 11 is 0. The molecule has 0 aromatic heterocycles. The normalized spacial score (nSPS) is 11.6. The fraction of sp³-hybridized carbons (Fsp3) is 0.364. The van der Waals surface area contributed by atoms with Crippen molar-refractivity contribution in [2.24, 2.45) is 0 Å². The van der Waals surface area contributed by atoms with Crippen LogP contribution in [0.25, 0.3) is 0 Å². The Morgan fingerprint density at radius 2 is 2.24 bits per heavy atom. The quantitative estimate of drug-likeness (QED) is 0.600. The van der Waals surface area contributed by atoms with Crippen LogP contribution >= 0.6 is 0 Å². The molecule has 0 aliphatic carbocycles. The summed E-state index contributed by atoms with van der Waals surface area (Å²) in [5, 5.41) is 16.1. The van der Waals surface area contributed by atoms with Crippen molar-refractivity contribution < 1.29 is 9.72 Å². The molecular weight excluding hydrogens is 222 g/mol. The number of non-ortho nitro benzene ring substituents is 1. The first-order chi connectivity index (χ1) is 8.04. The van der Waals surface area contributed by atoms with Crippen molar-refractivity contribution in [2.45, 2.75) is 19.9 Å². The fourth-order valence-corrected chi connectivity index (χ4v) is 1.35. The highest BCUT2D eigenvalue weighted by molar-refractivity contribution is 5.84. The maximum absolute atomic E-state index is 11.5. The van der Waals surface area contributed by atoms with Gasteiger partial charge in [0, 0.05) is 24.4 Å². The summed E-state index contributed by atoms with van der Waals surface area (Å²) in [6.07, 6.45) is 0. The zero-order chi connectivity index (χ0) is 12.8. The molecule has 1 atom stereocenters. The van der Waals surface area contributed by atoms with E-state index in [9.17, 15) is 14.9 Å². The number of nitrogens with zero attached hydrogens (tertiary/aromatic N) is 1. The molecule has 0 saturated heterocycles. The molecule has 1 aromatic rings. The zero-order valence-electron chi connectivity index (χ0n) is 9.77. The number of amides is 1. The number of hydrogen-bond donors (Lipinski definition) is 2. The molecule has 17 heavy (non-hydrogen) atoms. The molecule has 1 aromatic carbocycles. The van der Waals surface area contributed by atoms with Gasteiger partial charge in [0.25, 0.3) is 5.69 Å². The van der Waals surface area contributed by atoms with E-state index in [1.54, 1.807) is 19.1 Å². The number of nitro benzene ring substituents is 1. The van der Waals surface area contributed by atoms with Gasteiger partial charge in [-0.3, -0.25) is 14.9 Å². The van der Waals surface area contributed by atoms with Crippen LogP contribution in [-0.2, 0) is 4.79 Å². The predicted molar refractivity (Wildman–Crippen MR) is 64.9 cm³/mol. The molecule has 1 amide bonds. The lowest BCUT2D eigenvalue weighted by atomic mass is 10.2. The summed E-state index contributed by atoms with van der Waals surface area (Å²) < 4.78 is 0. The molecule has 6 heteroatoms. The van der Waals surface area contributed by atoms with Crippen LogP contribution in [0.2, 0.25) is 0 Å². The lowest BCUT2D eigenvalue weighted by Gasteiger charge is -2.14. The molecule has 0 spiro atoms. The molecule has 0 unspecified atom stereocenters. The van der Waals surface area contributed by atoms with E-state index in [0.29, 0.717) is 12.2 Å². The van der Waals surface area contributed by atoms with Crippen LogP contribution in [0.5, 0.6) is 0 Å². The third-order valence-electron chi connectivity index (χ3n) is 2.18. The Kier molecular flexibility index (Phi) is 4.45. The molecule has 92 valence electrons. The van der Waals surface area contributed by atoms with Crippen molar-refractivity contribution in [3.63, 3.8) is 0 Å². The van der Waals surface area contributed by atoms with Crippen LogP contribution < -0.4 is 10.6 Å². The molecule has 2 N–H and O–H groups in total. The third kappa shape index (κ3) is 3.75. The smallest absolute Gasteiger partial charge is 0.271 e. The second-order valence-electron chi connectivity index (χ2n) is 3.57. The van der Waals surface area contributed by atoms with Gasteiger partial charge in [0.2, 0.25) is 5.91 Å². The third-order valence-corrected chi connectivity index (χ3v) is 2.18. The Balaban J connectivity index is 2.71. The van der Waals surface area contributed by atoms with Gasteiger partial charge in [-0.25, -0.2) is 0 Å². The van der Waals surface area contributed by atoms with E-state index in [1.165, 1.54) is 12.1 Å². The van der Waals surface area contributed by atoms with Crippen LogP contribution in [0.4, 0.5) is 11.4 Å². The number of likely N-dealkylation sites (N-methyl/N-ethyl adjacent to an activating group) is 1. The fourth-order valence-electron chi connectivity index (χ4n) is 1.35. The van der Waals surface area contributed by atoms with E-state index in [1.807, 2.05) is 6.92 Å². The summed E-state index contributed by atoms with van der Waals surface area (Å²) in [6.45, 7) is 4.08. The Bertz CT molecular complexity index is 420. The predicted octanol–water partition coefficient (Wildman–Crippen LogP) is 1.53. The Morgan fingerprint density at radius 1 is 1.53 bits per heavy atom. The lowest BCUT2D eigenvalue weighted by Crippen LogP contribution is -2.37. The Hall–Kier alpha value is -2.11. The molecule has 6 nitrogen and oxygen atoms in total. The van der Waals surface area contributed by atoms with Gasteiger partial charge in [-0.05, 0) is 19.9 Å². The van der Waals surface area contributed by atoms with Gasteiger partial charge in [0.1, 0.15) is 6.04 Å². The van der Waals surface area contributed by atoms with E-state index in [-0.39, 0.29) is 11.6 Å². The second kappa shape index (κ2) is 5.83. The van der Waals surface area contributed by atoms with Gasteiger partial charge in [0.15, 0.2) is 0 Å². The highest BCUT2D eigenvalue weighted by Crippen LogP contribution is 2.17. The molecule has 0 heterocycles. The van der Waals surface area contributed by atoms with E-state index in [2.05, 4.69) is 10.6 Å². The van der Waals surface area contributed by atoms with Crippen molar-refractivity contribution in [3.05, 3.63) is 34.4 Å². The van der Waals surface area contributed by atoms with Gasteiger partial charge in [0.05, 0.1) is 4.92 Å². The first kappa shape index (κ1) is 13.0. The second-order valence-corrected chi connectivity index (χ2v) is 3.57. The van der Waals surface area contributed by atoms with Crippen LogP contribution in [0.15, 0.2) is 24.3 Å². The van der Waals surface area contributed by atoms with E-state index >= 15 is 0 Å². The molecule has 0 aliphatic heterocycles. The molecule has 0 aliphatic rings. The van der Waals surface area contributed by atoms with Gasteiger partial charge in [-0.1, -0.05) is 6.07 Å². The average molecular weight is 237 g/mol. The minimum atomic E-state index is -0.470. The number of rotatable bonds is 5. The number of carbonyl (C=O) groups is 1. The molecule has 0 fully saturated rings. The summed E-state index contributed by atoms with van der Waals surface area (Å²) in [5.74, 6) is -0.140. The number of nitro groups is 1. The number of nitrogens with one attached hydrogen (secondary N) is 2. The van der Waals surface area contributed by atoms with Crippen molar-refractivity contribution in [1.29, 1.82) is 0 Å². The van der Waals surface area contributed by atoms with E-state index in [4.69, 9.17) is 0 Å². The highest BCUT2D eigenvalue weighted by Gasteiger charge is 2.12. The van der Waals surface area contributed by atoms with Crippen molar-refractivity contribution >= 4 is 17.3 Å². The van der Waals surface area contributed by atoms with E-state index < -0.39 is 11.0 Å². The number of benzene rings is 1. The van der Waals surface area contributed by atoms with E-state index in [0.717, 1.165) is 0 Å². The SMILES string of the molecule is CCNC(=O)[C@@H](C)Nc1cccc([N+](=O)[O-])c1. The summed E-state index contributed by atoms with van der Waals surface area (Å²) in [6, 6.07) is 5.63. The maximum Gasteiger partial charge on any atom is 0.271 e. The van der Waals surface area contributed by atoms with Gasteiger partial charge in [-0.15, -0.1) is 0 Å². The molecule has 0 saturated carbocycles.